The standard InChI is InChI=1S/C20H15F6N3O4S/c21-19(22,23)13-3-7-16(8-4-13)34(30,31)29-10-9-15(11-29)32-14-5-1-12(2-6-14)17-27-18(33-28-17)20(24,25)26/h1-8,15H,9-11H2/t15-/m0/s1. The number of sulfonamides is 1. The van der Waals surface area contributed by atoms with Crippen LogP contribution in [0.15, 0.2) is 57.9 Å². The molecule has 0 amide bonds. The summed E-state index contributed by atoms with van der Waals surface area (Å²) in [5, 5.41) is 3.29. The van der Waals surface area contributed by atoms with Crippen LogP contribution in [-0.2, 0) is 22.4 Å². The molecule has 1 aliphatic rings. The van der Waals surface area contributed by atoms with Crippen LogP contribution < -0.4 is 4.74 Å². The van der Waals surface area contributed by atoms with Crippen molar-refractivity contribution in [2.45, 2.75) is 29.8 Å². The SMILES string of the molecule is O=S(=O)(c1ccc(C(F)(F)F)cc1)N1CC[C@H](Oc2ccc(-c3noc(C(F)(F)F)n3)cc2)C1. The molecule has 14 heteroatoms. The zero-order valence-electron chi connectivity index (χ0n) is 17.0. The Morgan fingerprint density at radius 3 is 2.15 bits per heavy atom. The normalized spacial score (nSPS) is 17.8. The van der Waals surface area contributed by atoms with Crippen LogP contribution in [0.5, 0.6) is 5.75 Å². The van der Waals surface area contributed by atoms with E-state index >= 15 is 0 Å². The van der Waals surface area contributed by atoms with Crippen molar-refractivity contribution in [3.63, 3.8) is 0 Å². The Balaban J connectivity index is 1.39. The maximum atomic E-state index is 12.8. The summed E-state index contributed by atoms with van der Waals surface area (Å²) in [6, 6.07) is 9.01. The highest BCUT2D eigenvalue weighted by Gasteiger charge is 2.39. The summed E-state index contributed by atoms with van der Waals surface area (Å²) >= 11 is 0. The molecule has 1 saturated heterocycles. The Morgan fingerprint density at radius 2 is 1.59 bits per heavy atom. The van der Waals surface area contributed by atoms with Crippen LogP contribution in [0, 0.1) is 0 Å². The summed E-state index contributed by atoms with van der Waals surface area (Å²) in [6.45, 7) is 0.0834. The van der Waals surface area contributed by atoms with Gasteiger partial charge in [0, 0.05) is 12.1 Å². The van der Waals surface area contributed by atoms with E-state index in [1.807, 2.05) is 0 Å². The van der Waals surface area contributed by atoms with Gasteiger partial charge in [0.2, 0.25) is 15.8 Å². The van der Waals surface area contributed by atoms with Crippen LogP contribution in [0.4, 0.5) is 26.3 Å². The highest BCUT2D eigenvalue weighted by atomic mass is 32.2. The van der Waals surface area contributed by atoms with Crippen molar-refractivity contribution >= 4 is 10.0 Å². The van der Waals surface area contributed by atoms with Crippen molar-refractivity contribution in [1.82, 2.24) is 14.4 Å². The lowest BCUT2D eigenvalue weighted by Crippen LogP contribution is -2.31. The number of halogens is 6. The molecule has 3 aromatic rings. The van der Waals surface area contributed by atoms with Gasteiger partial charge in [0.1, 0.15) is 11.9 Å². The van der Waals surface area contributed by atoms with E-state index in [1.165, 1.54) is 24.3 Å². The number of rotatable bonds is 5. The van der Waals surface area contributed by atoms with Crippen LogP contribution in [0.2, 0.25) is 0 Å². The number of hydrogen-bond donors (Lipinski definition) is 0. The highest BCUT2D eigenvalue weighted by molar-refractivity contribution is 7.89. The average molecular weight is 507 g/mol. The van der Waals surface area contributed by atoms with Gasteiger partial charge in [-0.05, 0) is 55.0 Å². The van der Waals surface area contributed by atoms with Crippen LogP contribution >= 0.6 is 0 Å². The predicted molar refractivity (Wildman–Crippen MR) is 104 cm³/mol. The molecule has 182 valence electrons. The molecule has 2 aromatic carbocycles. The molecule has 4 rings (SSSR count). The Kier molecular flexibility index (Phi) is 6.06. The Hall–Kier alpha value is -3.13. The molecular formula is C20H15F6N3O4S. The van der Waals surface area contributed by atoms with Crippen LogP contribution in [0.1, 0.15) is 17.9 Å². The zero-order valence-corrected chi connectivity index (χ0v) is 17.8. The second-order valence-electron chi connectivity index (χ2n) is 7.36. The monoisotopic (exact) mass is 507 g/mol. The van der Waals surface area contributed by atoms with Crippen LogP contribution in [0.3, 0.4) is 0 Å². The maximum absolute atomic E-state index is 12.8. The Bertz CT molecular complexity index is 1260. The fourth-order valence-electron chi connectivity index (χ4n) is 3.31. The lowest BCUT2D eigenvalue weighted by molar-refractivity contribution is -0.159. The highest BCUT2D eigenvalue weighted by Crippen LogP contribution is 2.32. The van der Waals surface area contributed by atoms with Gasteiger partial charge in [-0.2, -0.15) is 35.6 Å². The first kappa shape index (κ1) is 24.0. The van der Waals surface area contributed by atoms with Crippen molar-refractivity contribution < 1.29 is 44.0 Å². The Labute approximate surface area is 189 Å². The summed E-state index contributed by atoms with van der Waals surface area (Å²) in [6.07, 6.45) is -9.53. The number of hydrogen-bond acceptors (Lipinski definition) is 6. The third kappa shape index (κ3) is 5.01. The van der Waals surface area contributed by atoms with Crippen LogP contribution in [0.25, 0.3) is 11.4 Å². The molecule has 0 spiro atoms. The molecule has 0 unspecified atom stereocenters. The first-order valence-corrected chi connectivity index (χ1v) is 11.1. The largest absolute Gasteiger partial charge is 0.489 e. The van der Waals surface area contributed by atoms with E-state index in [9.17, 15) is 34.8 Å². The third-order valence-corrected chi connectivity index (χ3v) is 6.89. The van der Waals surface area contributed by atoms with Crippen molar-refractivity contribution in [3.05, 3.63) is 60.0 Å². The molecular weight excluding hydrogens is 492 g/mol. The topological polar surface area (TPSA) is 85.5 Å². The first-order valence-electron chi connectivity index (χ1n) is 9.69. The third-order valence-electron chi connectivity index (χ3n) is 5.01. The minimum absolute atomic E-state index is 0.0229. The number of ether oxygens (including phenoxy) is 1. The smallest absolute Gasteiger partial charge is 0.471 e. The lowest BCUT2D eigenvalue weighted by Gasteiger charge is -2.18. The zero-order chi connectivity index (χ0) is 24.7. The summed E-state index contributed by atoms with van der Waals surface area (Å²) in [5.41, 5.74) is -0.697. The van der Waals surface area contributed by atoms with E-state index in [4.69, 9.17) is 4.74 Å². The number of alkyl halides is 6. The van der Waals surface area contributed by atoms with Gasteiger partial charge in [0.25, 0.3) is 0 Å². The summed E-state index contributed by atoms with van der Waals surface area (Å²) in [4.78, 5) is 3.03. The molecule has 0 saturated carbocycles. The van der Waals surface area contributed by atoms with E-state index in [0.29, 0.717) is 24.3 Å². The van der Waals surface area contributed by atoms with Gasteiger partial charge >= 0.3 is 18.2 Å². The maximum Gasteiger partial charge on any atom is 0.471 e. The fourth-order valence-corrected chi connectivity index (χ4v) is 4.79. The molecule has 0 bridgehead atoms. The molecule has 0 radical (unpaired) electrons. The second kappa shape index (κ2) is 8.58. The summed E-state index contributed by atoms with van der Waals surface area (Å²) in [5.74, 6) is -1.39. The predicted octanol–water partition coefficient (Wildman–Crippen LogP) is 4.62. The molecule has 2 heterocycles. The molecule has 1 atom stereocenters. The van der Waals surface area contributed by atoms with Gasteiger partial charge in [0.05, 0.1) is 17.0 Å². The molecule has 0 N–H and O–H groups in total. The molecule has 34 heavy (non-hydrogen) atoms. The van der Waals surface area contributed by atoms with E-state index in [2.05, 4.69) is 14.7 Å². The number of benzene rings is 2. The minimum atomic E-state index is -4.76. The molecule has 7 nitrogen and oxygen atoms in total. The molecule has 1 aromatic heterocycles. The van der Waals surface area contributed by atoms with Crippen molar-refractivity contribution in [1.29, 1.82) is 0 Å². The van der Waals surface area contributed by atoms with Gasteiger partial charge in [-0.3, -0.25) is 0 Å². The van der Waals surface area contributed by atoms with E-state index in [-0.39, 0.29) is 29.4 Å². The average Bonchev–Trinajstić information content (AvgIpc) is 3.44. The minimum Gasteiger partial charge on any atom is -0.489 e. The van der Waals surface area contributed by atoms with Crippen molar-refractivity contribution in [2.75, 3.05) is 13.1 Å². The number of aromatic nitrogens is 2. The van der Waals surface area contributed by atoms with Gasteiger partial charge in [-0.1, -0.05) is 5.16 Å². The van der Waals surface area contributed by atoms with E-state index in [1.54, 1.807) is 0 Å². The van der Waals surface area contributed by atoms with Gasteiger partial charge < -0.3 is 9.26 Å². The second-order valence-corrected chi connectivity index (χ2v) is 9.30. The van der Waals surface area contributed by atoms with Gasteiger partial charge in [-0.15, -0.1) is 0 Å². The lowest BCUT2D eigenvalue weighted by atomic mass is 10.2. The van der Waals surface area contributed by atoms with Crippen LogP contribution in [-0.4, -0.2) is 42.1 Å². The molecule has 1 aliphatic heterocycles. The van der Waals surface area contributed by atoms with Gasteiger partial charge in [-0.25, -0.2) is 8.42 Å². The Morgan fingerprint density at radius 1 is 0.941 bits per heavy atom. The summed E-state index contributed by atoms with van der Waals surface area (Å²) in [7, 11) is -4.01. The van der Waals surface area contributed by atoms with Gasteiger partial charge in [0.15, 0.2) is 0 Å². The van der Waals surface area contributed by atoms with E-state index < -0.39 is 39.9 Å². The molecule has 1 fully saturated rings. The quantitative estimate of drug-likeness (QED) is 0.469. The molecule has 0 aliphatic carbocycles. The van der Waals surface area contributed by atoms with Crippen molar-refractivity contribution in [3.8, 4) is 17.1 Å². The van der Waals surface area contributed by atoms with E-state index in [0.717, 1.165) is 16.4 Å². The fraction of sp³-hybridized carbons (Fsp3) is 0.300. The summed E-state index contributed by atoms with van der Waals surface area (Å²) < 4.78 is 112. The first-order chi connectivity index (χ1) is 15.8. The van der Waals surface area contributed by atoms with Crippen molar-refractivity contribution in [2.24, 2.45) is 0 Å². The number of nitrogens with zero attached hydrogens (tertiary/aromatic N) is 3.